The minimum absolute atomic E-state index is 0.157. The largest absolute Gasteiger partial charge is 0.454 e. The SMILES string of the molecule is N#CCc1cncc(C(=O)c2ccc3c(c2)OCO3)c1. The van der Waals surface area contributed by atoms with E-state index in [2.05, 4.69) is 4.98 Å². The topological polar surface area (TPSA) is 72.2 Å². The molecular formula is C15H10N2O3. The Bertz CT molecular complexity index is 719. The molecule has 20 heavy (non-hydrogen) atoms. The highest BCUT2D eigenvalue weighted by Gasteiger charge is 2.17. The molecule has 0 N–H and O–H groups in total. The Kier molecular flexibility index (Phi) is 3.05. The van der Waals surface area contributed by atoms with Crippen LogP contribution in [0.2, 0.25) is 0 Å². The number of fused-ring (bicyclic) bond motifs is 1. The van der Waals surface area contributed by atoms with Crippen molar-refractivity contribution in [3.05, 3.63) is 53.3 Å². The van der Waals surface area contributed by atoms with E-state index in [-0.39, 0.29) is 19.0 Å². The molecule has 5 nitrogen and oxygen atoms in total. The summed E-state index contributed by atoms with van der Waals surface area (Å²) in [6.45, 7) is 0.173. The third-order valence-corrected chi connectivity index (χ3v) is 2.98. The van der Waals surface area contributed by atoms with Crippen molar-refractivity contribution >= 4 is 5.78 Å². The fraction of sp³-hybridized carbons (Fsp3) is 0.133. The van der Waals surface area contributed by atoms with Gasteiger partial charge in [0.2, 0.25) is 6.79 Å². The summed E-state index contributed by atoms with van der Waals surface area (Å²) in [5.41, 5.74) is 1.68. The molecule has 1 aromatic carbocycles. The van der Waals surface area contributed by atoms with Crippen molar-refractivity contribution in [2.45, 2.75) is 6.42 Å². The van der Waals surface area contributed by atoms with Crippen LogP contribution in [0.1, 0.15) is 21.5 Å². The smallest absolute Gasteiger partial charge is 0.231 e. The summed E-state index contributed by atoms with van der Waals surface area (Å²) in [5, 5.41) is 8.68. The van der Waals surface area contributed by atoms with Crippen molar-refractivity contribution in [1.82, 2.24) is 4.98 Å². The number of nitriles is 1. The molecule has 0 saturated carbocycles. The first-order valence-electron chi connectivity index (χ1n) is 6.03. The molecule has 5 heteroatoms. The van der Waals surface area contributed by atoms with Gasteiger partial charge in [0.25, 0.3) is 0 Å². The van der Waals surface area contributed by atoms with Gasteiger partial charge in [-0.15, -0.1) is 0 Å². The van der Waals surface area contributed by atoms with Crippen LogP contribution in [0.25, 0.3) is 0 Å². The lowest BCUT2D eigenvalue weighted by Crippen LogP contribution is -2.03. The van der Waals surface area contributed by atoms with Crippen molar-refractivity contribution in [3.63, 3.8) is 0 Å². The number of pyridine rings is 1. The number of hydrogen-bond acceptors (Lipinski definition) is 5. The highest BCUT2D eigenvalue weighted by molar-refractivity contribution is 6.09. The number of ketones is 1. The van der Waals surface area contributed by atoms with Crippen LogP contribution in [0.5, 0.6) is 11.5 Å². The molecule has 2 heterocycles. The Morgan fingerprint density at radius 2 is 2.05 bits per heavy atom. The summed E-state index contributed by atoms with van der Waals surface area (Å²) in [6.07, 6.45) is 3.31. The van der Waals surface area contributed by atoms with Crippen molar-refractivity contribution < 1.29 is 14.3 Å². The number of carbonyl (C=O) groups excluding carboxylic acids is 1. The predicted molar refractivity (Wildman–Crippen MR) is 69.6 cm³/mol. The van der Waals surface area contributed by atoms with Crippen LogP contribution in [0.3, 0.4) is 0 Å². The summed E-state index contributed by atoms with van der Waals surface area (Å²) in [4.78, 5) is 16.4. The lowest BCUT2D eigenvalue weighted by atomic mass is 10.0. The molecule has 0 bridgehead atoms. The van der Waals surface area contributed by atoms with Gasteiger partial charge < -0.3 is 9.47 Å². The summed E-state index contributed by atoms with van der Waals surface area (Å²) in [5.74, 6) is 1.05. The van der Waals surface area contributed by atoms with Crippen LogP contribution >= 0.6 is 0 Å². The van der Waals surface area contributed by atoms with Gasteiger partial charge in [-0.1, -0.05) is 0 Å². The van der Waals surface area contributed by atoms with Crippen molar-refractivity contribution in [2.75, 3.05) is 6.79 Å². The fourth-order valence-corrected chi connectivity index (χ4v) is 2.00. The van der Waals surface area contributed by atoms with E-state index in [0.717, 1.165) is 5.56 Å². The highest BCUT2D eigenvalue weighted by atomic mass is 16.7. The maximum atomic E-state index is 12.4. The molecule has 0 unspecified atom stereocenters. The molecule has 2 aromatic rings. The van der Waals surface area contributed by atoms with E-state index in [0.29, 0.717) is 22.6 Å². The molecule has 0 saturated heterocycles. The van der Waals surface area contributed by atoms with Crippen LogP contribution in [0, 0.1) is 11.3 Å². The Hall–Kier alpha value is -2.87. The summed E-state index contributed by atoms with van der Waals surface area (Å²) < 4.78 is 10.5. The highest BCUT2D eigenvalue weighted by Crippen LogP contribution is 2.33. The summed E-state index contributed by atoms with van der Waals surface area (Å²) in [6, 6.07) is 8.77. The summed E-state index contributed by atoms with van der Waals surface area (Å²) >= 11 is 0. The van der Waals surface area contributed by atoms with Gasteiger partial charge in [0.05, 0.1) is 12.5 Å². The lowest BCUT2D eigenvalue weighted by Gasteiger charge is -2.03. The first-order valence-corrected chi connectivity index (χ1v) is 6.03. The zero-order valence-electron chi connectivity index (χ0n) is 10.5. The molecule has 98 valence electrons. The Balaban J connectivity index is 1.92. The van der Waals surface area contributed by atoms with E-state index >= 15 is 0 Å². The van der Waals surface area contributed by atoms with Gasteiger partial charge in [0.15, 0.2) is 17.3 Å². The van der Waals surface area contributed by atoms with E-state index in [1.54, 1.807) is 30.5 Å². The van der Waals surface area contributed by atoms with Gasteiger partial charge in [-0.25, -0.2) is 0 Å². The summed E-state index contributed by atoms with van der Waals surface area (Å²) in [7, 11) is 0. The lowest BCUT2D eigenvalue weighted by molar-refractivity contribution is 0.103. The zero-order valence-corrected chi connectivity index (χ0v) is 10.5. The van der Waals surface area contributed by atoms with Crippen LogP contribution in [0.4, 0.5) is 0 Å². The Labute approximate surface area is 115 Å². The maximum Gasteiger partial charge on any atom is 0.231 e. The fourth-order valence-electron chi connectivity index (χ4n) is 2.00. The van der Waals surface area contributed by atoms with Gasteiger partial charge in [-0.2, -0.15) is 5.26 Å². The first kappa shape index (κ1) is 12.2. The van der Waals surface area contributed by atoms with Crippen molar-refractivity contribution in [3.8, 4) is 17.6 Å². The van der Waals surface area contributed by atoms with E-state index in [9.17, 15) is 4.79 Å². The number of benzene rings is 1. The predicted octanol–water partition coefficient (Wildman–Crippen LogP) is 2.11. The van der Waals surface area contributed by atoms with Gasteiger partial charge in [-0.05, 0) is 29.8 Å². The molecule has 0 radical (unpaired) electrons. The van der Waals surface area contributed by atoms with Crippen LogP contribution in [-0.4, -0.2) is 17.6 Å². The molecule has 0 amide bonds. The van der Waals surface area contributed by atoms with Crippen LogP contribution in [0.15, 0.2) is 36.7 Å². The average molecular weight is 266 g/mol. The Morgan fingerprint density at radius 1 is 1.20 bits per heavy atom. The molecule has 3 rings (SSSR count). The van der Waals surface area contributed by atoms with Crippen molar-refractivity contribution in [2.24, 2.45) is 0 Å². The van der Waals surface area contributed by atoms with Gasteiger partial charge in [-0.3, -0.25) is 9.78 Å². The second-order valence-corrected chi connectivity index (χ2v) is 4.31. The number of ether oxygens (including phenoxy) is 2. The number of nitrogens with zero attached hydrogens (tertiary/aromatic N) is 2. The van der Waals surface area contributed by atoms with E-state index in [1.165, 1.54) is 6.20 Å². The number of rotatable bonds is 3. The van der Waals surface area contributed by atoms with Gasteiger partial charge >= 0.3 is 0 Å². The maximum absolute atomic E-state index is 12.4. The third kappa shape index (κ3) is 2.19. The average Bonchev–Trinajstić information content (AvgIpc) is 2.94. The van der Waals surface area contributed by atoms with E-state index in [1.807, 2.05) is 6.07 Å². The van der Waals surface area contributed by atoms with E-state index in [4.69, 9.17) is 14.7 Å². The zero-order chi connectivity index (χ0) is 13.9. The standard InChI is InChI=1S/C15H10N2O3/c16-4-3-10-5-12(8-17-7-10)15(18)11-1-2-13-14(6-11)20-9-19-13/h1-2,5-8H,3,9H2. The molecular weight excluding hydrogens is 256 g/mol. The molecule has 0 spiro atoms. The third-order valence-electron chi connectivity index (χ3n) is 2.98. The van der Waals surface area contributed by atoms with E-state index < -0.39 is 0 Å². The second-order valence-electron chi connectivity index (χ2n) is 4.31. The van der Waals surface area contributed by atoms with Gasteiger partial charge in [0, 0.05) is 23.5 Å². The number of aromatic nitrogens is 1. The molecule has 1 aliphatic rings. The second kappa shape index (κ2) is 5.02. The first-order chi connectivity index (χ1) is 9.78. The molecule has 1 aromatic heterocycles. The number of carbonyl (C=O) groups is 1. The Morgan fingerprint density at radius 3 is 2.90 bits per heavy atom. The van der Waals surface area contributed by atoms with Gasteiger partial charge in [0.1, 0.15) is 0 Å². The molecule has 0 atom stereocenters. The minimum atomic E-state index is -0.157. The molecule has 0 fully saturated rings. The van der Waals surface area contributed by atoms with Crippen LogP contribution in [-0.2, 0) is 6.42 Å². The van der Waals surface area contributed by atoms with Crippen LogP contribution < -0.4 is 9.47 Å². The van der Waals surface area contributed by atoms with Crippen molar-refractivity contribution in [1.29, 1.82) is 5.26 Å². The minimum Gasteiger partial charge on any atom is -0.454 e. The monoisotopic (exact) mass is 266 g/mol. The molecule has 0 aliphatic carbocycles. The normalized spacial score (nSPS) is 11.9. The number of hydrogen-bond donors (Lipinski definition) is 0. The quantitative estimate of drug-likeness (QED) is 0.795. The molecule has 1 aliphatic heterocycles.